The number of amides is 2. The van der Waals surface area contributed by atoms with E-state index in [1.54, 1.807) is 48.5 Å². The summed E-state index contributed by atoms with van der Waals surface area (Å²) >= 11 is 0. The number of imide groups is 1. The van der Waals surface area contributed by atoms with E-state index in [0.29, 0.717) is 35.1 Å². The van der Waals surface area contributed by atoms with Crippen molar-refractivity contribution in [3.8, 4) is 17.2 Å². The Kier molecular flexibility index (Phi) is 6.49. The van der Waals surface area contributed by atoms with Crippen molar-refractivity contribution < 1.29 is 28.2 Å². The standard InChI is InChI=1S/C26H23FN2O5/c1-4-34-18-12-9-16(10-13-18)23-24(28-17-11-14-21(32-2)22(15-17)33-3)26(31)29(25(23)30)20-8-6-5-7-19(20)27/h5-15,28H,4H2,1-3H3. The molecule has 0 aromatic heterocycles. The molecule has 0 radical (unpaired) electrons. The average Bonchev–Trinajstić information content (AvgIpc) is 3.09. The first-order chi connectivity index (χ1) is 16.5. The van der Waals surface area contributed by atoms with E-state index in [-0.39, 0.29) is 17.0 Å². The largest absolute Gasteiger partial charge is 0.494 e. The Labute approximate surface area is 196 Å². The molecule has 1 N–H and O–H groups in total. The number of methoxy groups -OCH3 is 2. The van der Waals surface area contributed by atoms with Crippen molar-refractivity contribution in [2.24, 2.45) is 0 Å². The molecule has 1 aliphatic rings. The number of para-hydroxylation sites is 1. The van der Waals surface area contributed by atoms with Crippen molar-refractivity contribution in [3.63, 3.8) is 0 Å². The monoisotopic (exact) mass is 462 g/mol. The molecule has 3 aromatic rings. The minimum Gasteiger partial charge on any atom is -0.494 e. The molecular weight excluding hydrogens is 439 g/mol. The Hall–Kier alpha value is -4.33. The highest BCUT2D eigenvalue weighted by Gasteiger charge is 2.41. The molecule has 1 heterocycles. The lowest BCUT2D eigenvalue weighted by Crippen LogP contribution is -2.33. The number of nitrogens with one attached hydrogen (secondary N) is 1. The highest BCUT2D eigenvalue weighted by atomic mass is 19.1. The Morgan fingerprint density at radius 3 is 2.24 bits per heavy atom. The summed E-state index contributed by atoms with van der Waals surface area (Å²) in [4.78, 5) is 27.7. The van der Waals surface area contributed by atoms with Crippen LogP contribution in [0, 0.1) is 5.82 Å². The van der Waals surface area contributed by atoms with Gasteiger partial charge in [0, 0.05) is 11.8 Å². The molecule has 0 spiro atoms. The highest BCUT2D eigenvalue weighted by molar-refractivity contribution is 6.46. The van der Waals surface area contributed by atoms with Gasteiger partial charge in [0.25, 0.3) is 11.8 Å². The molecular formula is C26H23FN2O5. The number of hydrogen-bond acceptors (Lipinski definition) is 6. The lowest BCUT2D eigenvalue weighted by Gasteiger charge is -2.16. The third kappa shape index (κ3) is 4.17. The number of rotatable bonds is 8. The van der Waals surface area contributed by atoms with Gasteiger partial charge in [0.05, 0.1) is 32.1 Å². The van der Waals surface area contributed by atoms with Crippen LogP contribution in [0.4, 0.5) is 15.8 Å². The fraction of sp³-hybridized carbons (Fsp3) is 0.154. The van der Waals surface area contributed by atoms with E-state index in [9.17, 15) is 14.0 Å². The van der Waals surface area contributed by atoms with E-state index in [2.05, 4.69) is 5.32 Å². The smallest absolute Gasteiger partial charge is 0.282 e. The minimum absolute atomic E-state index is 0.0182. The predicted molar refractivity (Wildman–Crippen MR) is 127 cm³/mol. The van der Waals surface area contributed by atoms with Crippen LogP contribution in [0.1, 0.15) is 12.5 Å². The fourth-order valence-electron chi connectivity index (χ4n) is 3.71. The van der Waals surface area contributed by atoms with Gasteiger partial charge in [-0.2, -0.15) is 0 Å². The van der Waals surface area contributed by atoms with Crippen LogP contribution in [0.25, 0.3) is 5.57 Å². The van der Waals surface area contributed by atoms with E-state index >= 15 is 0 Å². The van der Waals surface area contributed by atoms with Crippen LogP contribution < -0.4 is 24.4 Å². The van der Waals surface area contributed by atoms with Gasteiger partial charge in [-0.05, 0) is 48.9 Å². The van der Waals surface area contributed by atoms with Crippen molar-refractivity contribution in [1.29, 1.82) is 0 Å². The normalized spacial score (nSPS) is 13.4. The summed E-state index contributed by atoms with van der Waals surface area (Å²) in [7, 11) is 3.01. The van der Waals surface area contributed by atoms with Gasteiger partial charge in [-0.1, -0.05) is 24.3 Å². The Balaban J connectivity index is 1.81. The van der Waals surface area contributed by atoms with Gasteiger partial charge < -0.3 is 19.5 Å². The third-order valence-corrected chi connectivity index (χ3v) is 5.28. The van der Waals surface area contributed by atoms with Gasteiger partial charge in [0.1, 0.15) is 17.3 Å². The lowest BCUT2D eigenvalue weighted by molar-refractivity contribution is -0.120. The Morgan fingerprint density at radius 1 is 0.882 bits per heavy atom. The Morgan fingerprint density at radius 2 is 1.59 bits per heavy atom. The van der Waals surface area contributed by atoms with Crippen LogP contribution in [-0.2, 0) is 9.59 Å². The molecule has 1 aliphatic heterocycles. The number of hydrogen-bond donors (Lipinski definition) is 1. The van der Waals surface area contributed by atoms with Crippen LogP contribution in [-0.4, -0.2) is 32.6 Å². The van der Waals surface area contributed by atoms with Crippen molar-refractivity contribution in [3.05, 3.63) is 83.8 Å². The molecule has 0 atom stereocenters. The summed E-state index contributed by atoms with van der Waals surface area (Å²) in [5.41, 5.74) is 0.997. The van der Waals surface area contributed by atoms with Crippen LogP contribution in [0.2, 0.25) is 0 Å². The second-order valence-corrected chi connectivity index (χ2v) is 7.30. The first kappa shape index (κ1) is 22.8. The molecule has 3 aromatic carbocycles. The van der Waals surface area contributed by atoms with E-state index in [4.69, 9.17) is 14.2 Å². The second-order valence-electron chi connectivity index (χ2n) is 7.30. The molecule has 2 amide bonds. The van der Waals surface area contributed by atoms with Crippen molar-refractivity contribution in [2.45, 2.75) is 6.92 Å². The molecule has 0 saturated carbocycles. The van der Waals surface area contributed by atoms with Crippen molar-refractivity contribution in [1.82, 2.24) is 0 Å². The first-order valence-corrected chi connectivity index (χ1v) is 10.6. The number of anilines is 2. The zero-order chi connectivity index (χ0) is 24.2. The van der Waals surface area contributed by atoms with Crippen molar-refractivity contribution in [2.75, 3.05) is 31.0 Å². The van der Waals surface area contributed by atoms with Gasteiger partial charge in [-0.25, -0.2) is 9.29 Å². The van der Waals surface area contributed by atoms with Crippen LogP contribution in [0.15, 0.2) is 72.4 Å². The van der Waals surface area contributed by atoms with E-state index in [1.165, 1.54) is 32.4 Å². The average molecular weight is 462 g/mol. The maximum Gasteiger partial charge on any atom is 0.282 e. The van der Waals surface area contributed by atoms with Gasteiger partial charge in [-0.3, -0.25) is 9.59 Å². The number of halogens is 1. The number of carbonyl (C=O) groups is 2. The van der Waals surface area contributed by atoms with Crippen LogP contribution in [0.5, 0.6) is 17.2 Å². The van der Waals surface area contributed by atoms with E-state index in [0.717, 1.165) is 4.90 Å². The molecule has 0 bridgehead atoms. The molecule has 0 aliphatic carbocycles. The van der Waals surface area contributed by atoms with Crippen LogP contribution in [0.3, 0.4) is 0 Å². The third-order valence-electron chi connectivity index (χ3n) is 5.28. The zero-order valence-electron chi connectivity index (χ0n) is 18.9. The van der Waals surface area contributed by atoms with Gasteiger partial charge in [0.2, 0.25) is 0 Å². The topological polar surface area (TPSA) is 77.1 Å². The quantitative estimate of drug-likeness (QED) is 0.492. The zero-order valence-corrected chi connectivity index (χ0v) is 18.9. The molecule has 34 heavy (non-hydrogen) atoms. The molecule has 8 heteroatoms. The van der Waals surface area contributed by atoms with Gasteiger partial charge >= 0.3 is 0 Å². The summed E-state index contributed by atoms with van der Waals surface area (Å²) in [5.74, 6) is -0.406. The predicted octanol–water partition coefficient (Wildman–Crippen LogP) is 4.64. The van der Waals surface area contributed by atoms with Gasteiger partial charge in [-0.15, -0.1) is 0 Å². The molecule has 174 valence electrons. The van der Waals surface area contributed by atoms with Crippen molar-refractivity contribution >= 4 is 28.8 Å². The highest BCUT2D eigenvalue weighted by Crippen LogP contribution is 2.37. The summed E-state index contributed by atoms with van der Waals surface area (Å²) in [5, 5.41) is 3.03. The summed E-state index contributed by atoms with van der Waals surface area (Å²) in [6.07, 6.45) is 0. The fourth-order valence-corrected chi connectivity index (χ4v) is 3.71. The number of ether oxygens (including phenoxy) is 3. The maximum absolute atomic E-state index is 14.6. The molecule has 0 fully saturated rings. The molecule has 4 rings (SSSR count). The van der Waals surface area contributed by atoms with Crippen LogP contribution >= 0.6 is 0 Å². The summed E-state index contributed by atoms with van der Waals surface area (Å²) < 4.78 is 30.6. The van der Waals surface area contributed by atoms with E-state index in [1.807, 2.05) is 6.92 Å². The first-order valence-electron chi connectivity index (χ1n) is 10.6. The van der Waals surface area contributed by atoms with Gasteiger partial charge in [0.15, 0.2) is 11.5 Å². The maximum atomic E-state index is 14.6. The summed E-state index contributed by atoms with van der Waals surface area (Å²) in [6, 6.07) is 17.5. The number of nitrogens with zero attached hydrogens (tertiary/aromatic N) is 1. The minimum atomic E-state index is -0.678. The lowest BCUT2D eigenvalue weighted by atomic mass is 10.0. The Bertz CT molecular complexity index is 1270. The molecule has 0 unspecified atom stereocenters. The number of carbonyl (C=O) groups excluding carboxylic acids is 2. The molecule has 0 saturated heterocycles. The second kappa shape index (κ2) is 9.66. The summed E-state index contributed by atoms with van der Waals surface area (Å²) in [6.45, 7) is 2.36. The SMILES string of the molecule is CCOc1ccc(C2=C(Nc3ccc(OC)c(OC)c3)C(=O)N(c3ccccc3F)C2=O)cc1. The van der Waals surface area contributed by atoms with E-state index < -0.39 is 17.6 Å². The number of benzene rings is 3. The molecule has 7 nitrogen and oxygen atoms in total.